The Morgan fingerprint density at radius 1 is 0.951 bits per heavy atom. The zero-order valence-corrected chi connectivity index (χ0v) is 22.8. The van der Waals surface area contributed by atoms with Crippen molar-refractivity contribution in [3.63, 3.8) is 0 Å². The van der Waals surface area contributed by atoms with Crippen molar-refractivity contribution in [3.8, 4) is 17.1 Å². The van der Waals surface area contributed by atoms with Crippen LogP contribution in [0.2, 0.25) is 0 Å². The number of alkyl halides is 3. The first-order valence-electron chi connectivity index (χ1n) is 13.7. The first-order chi connectivity index (χ1) is 19.8. The number of nitrogens with one attached hydrogen (secondary N) is 1. The number of ether oxygens (including phenoxy) is 1. The van der Waals surface area contributed by atoms with Gasteiger partial charge in [0.2, 0.25) is 0 Å². The van der Waals surface area contributed by atoms with Gasteiger partial charge in [0.05, 0.1) is 63.1 Å². The molecule has 6 rings (SSSR count). The van der Waals surface area contributed by atoms with E-state index >= 15 is 0 Å². The van der Waals surface area contributed by atoms with E-state index in [1.54, 1.807) is 13.3 Å². The van der Waals surface area contributed by atoms with Crippen LogP contribution in [0.15, 0.2) is 84.0 Å². The summed E-state index contributed by atoms with van der Waals surface area (Å²) in [4.78, 5) is 14.5. The summed E-state index contributed by atoms with van der Waals surface area (Å²) in [5.74, 6) is 0. The van der Waals surface area contributed by atoms with Crippen molar-refractivity contribution < 1.29 is 17.9 Å². The third-order valence-electron chi connectivity index (χ3n) is 7.64. The van der Waals surface area contributed by atoms with Gasteiger partial charge in [-0.15, -0.1) is 0 Å². The minimum atomic E-state index is -4.41. The van der Waals surface area contributed by atoms with E-state index in [9.17, 15) is 13.2 Å². The number of halogens is 3. The van der Waals surface area contributed by atoms with Crippen LogP contribution in [0.4, 0.5) is 24.5 Å². The molecule has 41 heavy (non-hydrogen) atoms. The molecule has 1 aliphatic heterocycles. The molecule has 0 unspecified atom stereocenters. The van der Waals surface area contributed by atoms with Crippen molar-refractivity contribution in [2.24, 2.45) is 4.99 Å². The molecule has 9 heteroatoms. The third kappa shape index (κ3) is 5.67. The van der Waals surface area contributed by atoms with E-state index in [2.05, 4.69) is 10.3 Å². The number of benzene rings is 3. The Hall–Kier alpha value is -4.24. The fourth-order valence-corrected chi connectivity index (χ4v) is 5.43. The monoisotopic (exact) mass is 557 g/mol. The molecule has 0 radical (unpaired) electrons. The number of hydrogen-bond donors (Lipinski definition) is 1. The second kappa shape index (κ2) is 11.0. The number of methoxy groups -OCH3 is 1. The van der Waals surface area contributed by atoms with Gasteiger partial charge >= 0.3 is 6.18 Å². The highest BCUT2D eigenvalue weighted by Gasteiger charge is 2.30. The van der Waals surface area contributed by atoms with E-state index in [4.69, 9.17) is 14.7 Å². The Morgan fingerprint density at radius 2 is 1.71 bits per heavy atom. The van der Waals surface area contributed by atoms with Crippen LogP contribution in [0.3, 0.4) is 0 Å². The lowest BCUT2D eigenvalue weighted by Crippen LogP contribution is -2.25. The molecular weight excluding hydrogens is 527 g/mol. The molecule has 3 aromatic rings. The Morgan fingerprint density at radius 3 is 2.39 bits per heavy atom. The Kier molecular flexibility index (Phi) is 7.21. The molecule has 0 saturated heterocycles. The summed E-state index contributed by atoms with van der Waals surface area (Å²) in [6.45, 7) is 1.94. The van der Waals surface area contributed by atoms with Gasteiger partial charge in [-0.2, -0.15) is 13.2 Å². The number of para-hydroxylation sites is 2. The highest BCUT2D eigenvalue weighted by Crippen LogP contribution is 2.33. The van der Waals surface area contributed by atoms with E-state index < -0.39 is 11.7 Å². The minimum Gasteiger partial charge on any atom is -0.381 e. The van der Waals surface area contributed by atoms with Crippen molar-refractivity contribution in [3.05, 3.63) is 95.6 Å². The van der Waals surface area contributed by atoms with Gasteiger partial charge in [0, 0.05) is 18.5 Å². The van der Waals surface area contributed by atoms with Crippen LogP contribution in [0.5, 0.6) is 0 Å². The molecule has 0 bridgehead atoms. The molecule has 1 aromatic heterocycles. The van der Waals surface area contributed by atoms with Crippen LogP contribution in [-0.2, 0) is 10.9 Å². The molecule has 2 aliphatic carbocycles. The molecule has 2 aromatic carbocycles. The van der Waals surface area contributed by atoms with Crippen LogP contribution in [0.25, 0.3) is 28.1 Å². The first-order valence-corrected chi connectivity index (χ1v) is 13.7. The highest BCUT2D eigenvalue weighted by molar-refractivity contribution is 5.84. The molecule has 1 N–H and O–H groups in total. The summed E-state index contributed by atoms with van der Waals surface area (Å²) in [5, 5.41) is 4.24. The fraction of sp³-hybridized carbons (Fsp3) is 0.281. The van der Waals surface area contributed by atoms with Gasteiger partial charge < -0.3 is 14.6 Å². The number of fused-ring (bicyclic) bond motifs is 2. The summed E-state index contributed by atoms with van der Waals surface area (Å²) in [6, 6.07) is 20.8. The molecule has 0 spiro atoms. The number of nitrogens with zero attached hydrogens (tertiary/aromatic N) is 4. The van der Waals surface area contributed by atoms with Gasteiger partial charge in [-0.1, -0.05) is 12.1 Å². The Labute approximate surface area is 235 Å². The van der Waals surface area contributed by atoms with Crippen molar-refractivity contribution in [2.45, 2.75) is 50.9 Å². The molecule has 1 saturated carbocycles. The number of pyridine rings is 1. The molecule has 0 amide bonds. The quantitative estimate of drug-likeness (QED) is 0.228. The highest BCUT2D eigenvalue weighted by atomic mass is 19.4. The molecular formula is C32H30F3N5O. The van der Waals surface area contributed by atoms with Crippen molar-refractivity contribution in [2.75, 3.05) is 12.4 Å². The number of hydrogen-bond acceptors (Lipinski definition) is 5. The topological polar surface area (TPSA) is 64.3 Å². The summed E-state index contributed by atoms with van der Waals surface area (Å²) >= 11 is 0. The molecule has 2 heterocycles. The van der Waals surface area contributed by atoms with E-state index in [-0.39, 0.29) is 12.1 Å². The molecule has 0 atom stereocenters. The third-order valence-corrected chi connectivity index (χ3v) is 7.64. The number of rotatable bonds is 5. The predicted octanol–water partition coefficient (Wildman–Crippen LogP) is 7.45. The molecule has 6 nitrogen and oxygen atoms in total. The van der Waals surface area contributed by atoms with Crippen LogP contribution in [0.1, 0.15) is 36.9 Å². The van der Waals surface area contributed by atoms with Crippen LogP contribution >= 0.6 is 0 Å². The maximum Gasteiger partial charge on any atom is 0.416 e. The average Bonchev–Trinajstić information content (AvgIpc) is 2.97. The zero-order valence-electron chi connectivity index (χ0n) is 22.8. The number of anilines is 2. The lowest BCUT2D eigenvalue weighted by atomic mass is 9.93. The van der Waals surface area contributed by atoms with Crippen molar-refractivity contribution >= 4 is 22.4 Å². The average molecular weight is 558 g/mol. The van der Waals surface area contributed by atoms with Gasteiger partial charge in [-0.05, 0) is 93.3 Å². The number of aryl methyl sites for hydroxylation is 1. The Balaban J connectivity index is 1.55. The second-order valence-electron chi connectivity index (χ2n) is 10.4. The minimum absolute atomic E-state index is 0.128. The lowest BCUT2D eigenvalue weighted by molar-refractivity contribution is -0.137. The van der Waals surface area contributed by atoms with Crippen LogP contribution in [-0.4, -0.2) is 33.8 Å². The summed E-state index contributed by atoms with van der Waals surface area (Å²) < 4.78 is 47.5. The van der Waals surface area contributed by atoms with Gasteiger partial charge in [0.15, 0.2) is 0 Å². The van der Waals surface area contributed by atoms with E-state index in [0.717, 1.165) is 77.0 Å². The first kappa shape index (κ1) is 27.0. The smallest absolute Gasteiger partial charge is 0.381 e. The van der Waals surface area contributed by atoms with Crippen molar-refractivity contribution in [1.82, 2.24) is 14.5 Å². The van der Waals surface area contributed by atoms with Crippen LogP contribution in [0, 0.1) is 6.92 Å². The number of aromatic nitrogens is 3. The van der Waals surface area contributed by atoms with Gasteiger partial charge in [-0.3, -0.25) is 9.98 Å². The predicted molar refractivity (Wildman–Crippen MR) is 154 cm³/mol. The molecule has 1 fully saturated rings. The fourth-order valence-electron chi connectivity index (χ4n) is 5.43. The zero-order chi connectivity index (χ0) is 28.6. The second-order valence-corrected chi connectivity index (χ2v) is 10.4. The summed E-state index contributed by atoms with van der Waals surface area (Å²) in [5.41, 5.74) is 5.40. The SMILES string of the molecule is COC1CCC(/N=c2\cc3n(-c4ccc(C(F)(F)F)cc4)c4ccccc4nc-3cc2Nc2ccc(C)nc2)CC1. The molecule has 3 aliphatic rings. The standard InChI is InChI=1S/C32H30F3N5O/c1-20-7-10-23(19-36-20)38-27-17-29-31(18-28(27)37-22-11-15-25(41-2)16-12-22)40(30-6-4-3-5-26(30)39-29)24-13-8-21(9-14-24)32(33,34)35/h3-10,13-14,17-19,22,25,38H,11-12,15-16H2,1-2H3/b37-28+. The maximum atomic E-state index is 13.3. The summed E-state index contributed by atoms with van der Waals surface area (Å²) in [7, 11) is 1.75. The largest absolute Gasteiger partial charge is 0.416 e. The van der Waals surface area contributed by atoms with E-state index in [0.29, 0.717) is 11.4 Å². The lowest BCUT2D eigenvalue weighted by Gasteiger charge is -2.25. The van der Waals surface area contributed by atoms with Gasteiger partial charge in [0.1, 0.15) is 0 Å². The van der Waals surface area contributed by atoms with Gasteiger partial charge in [-0.25, -0.2) is 4.98 Å². The van der Waals surface area contributed by atoms with E-state index in [1.165, 1.54) is 12.1 Å². The van der Waals surface area contributed by atoms with Crippen LogP contribution < -0.4 is 10.7 Å². The van der Waals surface area contributed by atoms with E-state index in [1.807, 2.05) is 60.0 Å². The normalized spacial score (nSPS) is 18.2. The summed E-state index contributed by atoms with van der Waals surface area (Å²) in [6.07, 6.45) is 1.34. The van der Waals surface area contributed by atoms with Gasteiger partial charge in [0.25, 0.3) is 0 Å². The Bertz CT molecular complexity index is 1700. The van der Waals surface area contributed by atoms with Crippen molar-refractivity contribution in [1.29, 1.82) is 0 Å². The maximum absolute atomic E-state index is 13.3. The molecule has 210 valence electrons.